The van der Waals surface area contributed by atoms with Crippen LogP contribution in [0.5, 0.6) is 0 Å². The van der Waals surface area contributed by atoms with Crippen LogP contribution in [0.15, 0.2) is 83.5 Å². The Hall–Kier alpha value is -2.89. The maximum Gasteiger partial charge on any atom is 0.241 e. The van der Waals surface area contributed by atoms with E-state index in [2.05, 4.69) is 17.0 Å². The van der Waals surface area contributed by atoms with Gasteiger partial charge >= 0.3 is 0 Å². The van der Waals surface area contributed by atoms with Gasteiger partial charge in [0, 0.05) is 18.8 Å². The highest BCUT2D eigenvalue weighted by Gasteiger charge is 2.26. The van der Waals surface area contributed by atoms with E-state index in [1.54, 1.807) is 11.2 Å². The molecule has 144 valence electrons. The number of carbonyl (C=O) groups is 1. The van der Waals surface area contributed by atoms with Crippen molar-refractivity contribution in [3.05, 3.63) is 90.4 Å². The second-order valence-electron chi connectivity index (χ2n) is 6.90. The first-order valence-corrected chi connectivity index (χ1v) is 9.56. The zero-order valence-corrected chi connectivity index (χ0v) is 15.7. The number of furan rings is 1. The minimum absolute atomic E-state index is 0.00185. The van der Waals surface area contributed by atoms with E-state index in [1.165, 1.54) is 0 Å². The third-order valence-corrected chi connectivity index (χ3v) is 4.94. The molecule has 5 heteroatoms. The molecular formula is C23H24N2O3. The molecule has 0 saturated carbocycles. The van der Waals surface area contributed by atoms with Gasteiger partial charge < -0.3 is 14.1 Å². The summed E-state index contributed by atoms with van der Waals surface area (Å²) in [4.78, 5) is 17.1. The minimum atomic E-state index is -0.00185. The number of rotatable bonds is 6. The SMILES string of the molecule is O=C(CN1CCOC(c2ccccc2)C1)N(Cc1ccco1)c1ccccc1. The zero-order chi connectivity index (χ0) is 19.2. The lowest BCUT2D eigenvalue weighted by Crippen LogP contribution is -2.45. The smallest absolute Gasteiger partial charge is 0.241 e. The fourth-order valence-corrected chi connectivity index (χ4v) is 3.48. The zero-order valence-electron chi connectivity index (χ0n) is 15.7. The number of amides is 1. The van der Waals surface area contributed by atoms with Crippen LogP contribution in [0.3, 0.4) is 0 Å². The van der Waals surface area contributed by atoms with Crippen molar-refractivity contribution in [1.82, 2.24) is 4.90 Å². The Kier molecular flexibility index (Phi) is 5.85. The molecule has 1 aliphatic rings. The highest BCUT2D eigenvalue weighted by Crippen LogP contribution is 2.23. The fourth-order valence-electron chi connectivity index (χ4n) is 3.48. The lowest BCUT2D eigenvalue weighted by atomic mass is 10.1. The Balaban J connectivity index is 1.46. The molecule has 0 spiro atoms. The summed E-state index contributed by atoms with van der Waals surface area (Å²) >= 11 is 0. The number of hydrogen-bond donors (Lipinski definition) is 0. The number of nitrogens with zero attached hydrogens (tertiary/aromatic N) is 2. The van der Waals surface area contributed by atoms with E-state index in [0.717, 1.165) is 23.6 Å². The number of hydrogen-bond acceptors (Lipinski definition) is 4. The fraction of sp³-hybridized carbons (Fsp3) is 0.261. The molecule has 0 radical (unpaired) electrons. The number of para-hydroxylation sites is 1. The van der Waals surface area contributed by atoms with Gasteiger partial charge in [0.15, 0.2) is 0 Å². The van der Waals surface area contributed by atoms with Gasteiger partial charge in [0.25, 0.3) is 0 Å². The predicted octanol–water partition coefficient (Wildman–Crippen LogP) is 3.89. The van der Waals surface area contributed by atoms with E-state index in [1.807, 2.05) is 60.7 Å². The summed E-state index contributed by atoms with van der Waals surface area (Å²) in [6.07, 6.45) is 1.63. The maximum absolute atomic E-state index is 13.2. The van der Waals surface area contributed by atoms with Gasteiger partial charge in [-0.1, -0.05) is 48.5 Å². The molecule has 0 aliphatic carbocycles. The Labute approximate surface area is 165 Å². The van der Waals surface area contributed by atoms with Crippen LogP contribution in [-0.2, 0) is 16.1 Å². The van der Waals surface area contributed by atoms with Crippen LogP contribution in [0, 0.1) is 0 Å². The van der Waals surface area contributed by atoms with Crippen molar-refractivity contribution in [2.75, 3.05) is 31.1 Å². The molecule has 2 aromatic carbocycles. The number of anilines is 1. The van der Waals surface area contributed by atoms with Gasteiger partial charge in [0.1, 0.15) is 5.76 Å². The van der Waals surface area contributed by atoms with Crippen LogP contribution in [-0.4, -0.2) is 37.0 Å². The van der Waals surface area contributed by atoms with E-state index < -0.39 is 0 Å². The van der Waals surface area contributed by atoms with Crippen molar-refractivity contribution in [1.29, 1.82) is 0 Å². The standard InChI is InChI=1S/C23H24N2O3/c26-23(18-24-13-15-28-22(17-24)19-8-3-1-4-9-19)25(16-21-12-7-14-27-21)20-10-5-2-6-11-20/h1-12,14,22H,13,15-18H2. The van der Waals surface area contributed by atoms with Crippen LogP contribution in [0.1, 0.15) is 17.4 Å². The highest BCUT2D eigenvalue weighted by molar-refractivity contribution is 5.94. The van der Waals surface area contributed by atoms with E-state index in [-0.39, 0.29) is 12.0 Å². The van der Waals surface area contributed by atoms with Gasteiger partial charge in [-0.15, -0.1) is 0 Å². The topological polar surface area (TPSA) is 45.9 Å². The monoisotopic (exact) mass is 376 g/mol. The molecule has 1 amide bonds. The summed E-state index contributed by atoms with van der Waals surface area (Å²) in [6, 6.07) is 23.7. The lowest BCUT2D eigenvalue weighted by molar-refractivity contribution is -0.122. The van der Waals surface area contributed by atoms with Crippen LogP contribution in [0.2, 0.25) is 0 Å². The van der Waals surface area contributed by atoms with Crippen molar-refractivity contribution < 1.29 is 13.9 Å². The molecule has 4 rings (SSSR count). The Morgan fingerprint density at radius 3 is 2.46 bits per heavy atom. The van der Waals surface area contributed by atoms with E-state index >= 15 is 0 Å². The summed E-state index contributed by atoms with van der Waals surface area (Å²) in [5.41, 5.74) is 2.02. The van der Waals surface area contributed by atoms with Gasteiger partial charge in [-0.05, 0) is 29.8 Å². The quantitative estimate of drug-likeness (QED) is 0.655. The molecule has 2 heterocycles. The molecule has 5 nitrogen and oxygen atoms in total. The Morgan fingerprint density at radius 1 is 1.00 bits per heavy atom. The largest absolute Gasteiger partial charge is 0.467 e. The van der Waals surface area contributed by atoms with Gasteiger partial charge in [-0.3, -0.25) is 9.69 Å². The second kappa shape index (κ2) is 8.87. The van der Waals surface area contributed by atoms with Crippen molar-refractivity contribution >= 4 is 11.6 Å². The molecular weight excluding hydrogens is 352 g/mol. The summed E-state index contributed by atoms with van der Waals surface area (Å²) in [7, 11) is 0. The minimum Gasteiger partial charge on any atom is -0.467 e. The highest BCUT2D eigenvalue weighted by atomic mass is 16.5. The molecule has 1 fully saturated rings. The Bertz CT molecular complexity index is 865. The number of benzene rings is 2. The normalized spacial score (nSPS) is 17.4. The first-order chi connectivity index (χ1) is 13.8. The van der Waals surface area contributed by atoms with Crippen molar-refractivity contribution in [3.8, 4) is 0 Å². The number of morpholine rings is 1. The third-order valence-electron chi connectivity index (χ3n) is 4.94. The first-order valence-electron chi connectivity index (χ1n) is 9.56. The van der Waals surface area contributed by atoms with Gasteiger partial charge in [-0.2, -0.15) is 0 Å². The van der Waals surface area contributed by atoms with Crippen LogP contribution < -0.4 is 4.90 Å². The summed E-state index contributed by atoms with van der Waals surface area (Å²) in [6.45, 7) is 2.85. The summed E-state index contributed by atoms with van der Waals surface area (Å²) in [5, 5.41) is 0. The van der Waals surface area contributed by atoms with Crippen LogP contribution >= 0.6 is 0 Å². The molecule has 1 unspecified atom stereocenters. The van der Waals surface area contributed by atoms with Gasteiger partial charge in [0.2, 0.25) is 5.91 Å². The van der Waals surface area contributed by atoms with E-state index in [9.17, 15) is 4.79 Å². The van der Waals surface area contributed by atoms with Crippen molar-refractivity contribution in [2.24, 2.45) is 0 Å². The lowest BCUT2D eigenvalue weighted by Gasteiger charge is -2.34. The van der Waals surface area contributed by atoms with Crippen molar-refractivity contribution in [3.63, 3.8) is 0 Å². The molecule has 3 aromatic rings. The second-order valence-corrected chi connectivity index (χ2v) is 6.90. The number of ether oxygens (including phenoxy) is 1. The van der Waals surface area contributed by atoms with Crippen molar-refractivity contribution in [2.45, 2.75) is 12.6 Å². The molecule has 0 N–H and O–H groups in total. The summed E-state index contributed by atoms with van der Waals surface area (Å²) < 4.78 is 11.4. The third kappa shape index (κ3) is 4.50. The molecule has 28 heavy (non-hydrogen) atoms. The molecule has 1 aliphatic heterocycles. The maximum atomic E-state index is 13.2. The summed E-state index contributed by atoms with van der Waals surface area (Å²) in [5.74, 6) is 0.817. The predicted molar refractivity (Wildman–Crippen MR) is 108 cm³/mol. The van der Waals surface area contributed by atoms with Gasteiger partial charge in [0.05, 0.1) is 32.1 Å². The van der Waals surface area contributed by atoms with E-state index in [4.69, 9.17) is 9.15 Å². The molecule has 1 atom stereocenters. The van der Waals surface area contributed by atoms with Gasteiger partial charge in [-0.25, -0.2) is 0 Å². The molecule has 1 saturated heterocycles. The average Bonchev–Trinajstić information content (AvgIpc) is 3.27. The van der Waals surface area contributed by atoms with Crippen LogP contribution in [0.25, 0.3) is 0 Å². The Morgan fingerprint density at radius 2 is 1.75 bits per heavy atom. The average molecular weight is 376 g/mol. The molecule has 1 aromatic heterocycles. The molecule has 0 bridgehead atoms. The first kappa shape index (κ1) is 18.5. The number of carbonyl (C=O) groups excluding carboxylic acids is 1. The van der Waals surface area contributed by atoms with E-state index in [0.29, 0.717) is 26.2 Å². The van der Waals surface area contributed by atoms with Crippen LogP contribution in [0.4, 0.5) is 5.69 Å².